The molecule has 1 heterocycles. The molecule has 3 N–H and O–H groups in total. The predicted octanol–water partition coefficient (Wildman–Crippen LogP) is -0.291. The van der Waals surface area contributed by atoms with Crippen molar-refractivity contribution in [3.63, 3.8) is 0 Å². The van der Waals surface area contributed by atoms with Crippen LogP contribution in [0, 0.1) is 0 Å². The van der Waals surface area contributed by atoms with E-state index < -0.39 is 18.1 Å². The van der Waals surface area contributed by atoms with Crippen LogP contribution >= 0.6 is 0 Å². The van der Waals surface area contributed by atoms with E-state index in [9.17, 15) is 9.59 Å². The summed E-state index contributed by atoms with van der Waals surface area (Å²) in [5.74, 6) is -0.244. The van der Waals surface area contributed by atoms with Gasteiger partial charge in [-0.15, -0.1) is 0 Å². The van der Waals surface area contributed by atoms with E-state index in [4.69, 9.17) is 9.84 Å². The Morgan fingerprint density at radius 2 is 2.26 bits per heavy atom. The fraction of sp³-hybridized carbons (Fsp3) is 0.545. The number of aromatic nitrogens is 2. The standard InChI is InChI=1S/C11H18N4O4/c1-15-4-3-12-9(15)7-14-11(18)13-6-8(19-2)5-10(16)17/h3-4,8H,5-7H2,1-2H3,(H,16,17)(H2,13,14,18). The predicted molar refractivity (Wildman–Crippen MR) is 66.5 cm³/mol. The second-order valence-electron chi connectivity index (χ2n) is 3.97. The van der Waals surface area contributed by atoms with Crippen molar-refractivity contribution >= 4 is 12.0 Å². The number of urea groups is 1. The van der Waals surface area contributed by atoms with Crippen molar-refractivity contribution in [2.45, 2.75) is 19.1 Å². The summed E-state index contributed by atoms with van der Waals surface area (Å²) in [5, 5.41) is 13.8. The average Bonchev–Trinajstić information content (AvgIpc) is 2.77. The highest BCUT2D eigenvalue weighted by Gasteiger charge is 2.13. The zero-order chi connectivity index (χ0) is 14.3. The Bertz CT molecular complexity index is 432. The number of carboxylic acid groups (broad SMARTS) is 1. The van der Waals surface area contributed by atoms with E-state index in [0.717, 1.165) is 5.82 Å². The second-order valence-corrected chi connectivity index (χ2v) is 3.97. The van der Waals surface area contributed by atoms with Crippen LogP contribution in [0.25, 0.3) is 0 Å². The number of nitrogens with zero attached hydrogens (tertiary/aromatic N) is 2. The topological polar surface area (TPSA) is 105 Å². The largest absolute Gasteiger partial charge is 0.481 e. The van der Waals surface area contributed by atoms with Gasteiger partial charge in [0.1, 0.15) is 5.82 Å². The van der Waals surface area contributed by atoms with E-state index in [1.165, 1.54) is 7.11 Å². The molecule has 0 aliphatic heterocycles. The fourth-order valence-corrected chi connectivity index (χ4v) is 1.43. The first-order valence-corrected chi connectivity index (χ1v) is 5.75. The summed E-state index contributed by atoms with van der Waals surface area (Å²) in [6.45, 7) is 0.432. The summed E-state index contributed by atoms with van der Waals surface area (Å²) in [6.07, 6.45) is 2.72. The Balaban J connectivity index is 2.27. The van der Waals surface area contributed by atoms with Crippen molar-refractivity contribution in [2.24, 2.45) is 7.05 Å². The number of nitrogens with one attached hydrogen (secondary N) is 2. The Morgan fingerprint density at radius 3 is 2.79 bits per heavy atom. The van der Waals surface area contributed by atoms with Gasteiger partial charge in [-0.3, -0.25) is 4.79 Å². The van der Waals surface area contributed by atoms with Crippen LogP contribution < -0.4 is 10.6 Å². The quantitative estimate of drug-likeness (QED) is 0.631. The van der Waals surface area contributed by atoms with Crippen LogP contribution in [0.1, 0.15) is 12.2 Å². The van der Waals surface area contributed by atoms with Gasteiger partial charge in [0.2, 0.25) is 0 Å². The van der Waals surface area contributed by atoms with Gasteiger partial charge < -0.3 is 25.0 Å². The lowest BCUT2D eigenvalue weighted by Crippen LogP contribution is -2.40. The number of carboxylic acids is 1. The Morgan fingerprint density at radius 1 is 1.53 bits per heavy atom. The summed E-state index contributed by atoms with van der Waals surface area (Å²) in [7, 11) is 3.23. The minimum absolute atomic E-state index is 0.134. The van der Waals surface area contributed by atoms with Crippen molar-refractivity contribution in [3.05, 3.63) is 18.2 Å². The smallest absolute Gasteiger partial charge is 0.315 e. The maximum absolute atomic E-state index is 11.5. The normalized spacial score (nSPS) is 11.9. The van der Waals surface area contributed by atoms with Crippen LogP contribution in [-0.4, -0.2) is 46.4 Å². The molecular weight excluding hydrogens is 252 g/mol. The molecule has 0 saturated heterocycles. The molecule has 1 aromatic rings. The van der Waals surface area contributed by atoms with Gasteiger partial charge in [-0.25, -0.2) is 9.78 Å². The molecule has 1 unspecified atom stereocenters. The number of imidazole rings is 1. The Labute approximate surface area is 110 Å². The third kappa shape index (κ3) is 5.38. The molecule has 8 heteroatoms. The molecule has 106 valence electrons. The van der Waals surface area contributed by atoms with Crippen LogP contribution in [0.3, 0.4) is 0 Å². The number of aliphatic carboxylic acids is 1. The van der Waals surface area contributed by atoms with Crippen molar-refractivity contribution in [2.75, 3.05) is 13.7 Å². The number of carbonyl (C=O) groups excluding carboxylic acids is 1. The van der Waals surface area contributed by atoms with Gasteiger partial charge in [-0.05, 0) is 0 Å². The first-order chi connectivity index (χ1) is 9.02. The molecule has 0 aliphatic rings. The molecule has 0 bridgehead atoms. The first kappa shape index (κ1) is 15.0. The molecule has 1 atom stereocenters. The summed E-state index contributed by atoms with van der Waals surface area (Å²) in [5.41, 5.74) is 0. The third-order valence-corrected chi connectivity index (χ3v) is 2.55. The zero-order valence-electron chi connectivity index (χ0n) is 10.9. The van der Waals surface area contributed by atoms with Crippen LogP contribution in [0.15, 0.2) is 12.4 Å². The summed E-state index contributed by atoms with van der Waals surface area (Å²) < 4.78 is 6.74. The van der Waals surface area contributed by atoms with E-state index in [1.807, 2.05) is 7.05 Å². The average molecular weight is 270 g/mol. The molecular formula is C11H18N4O4. The number of hydrogen-bond acceptors (Lipinski definition) is 4. The highest BCUT2D eigenvalue weighted by Crippen LogP contribution is 1.96. The second kappa shape index (κ2) is 7.37. The molecule has 0 saturated carbocycles. The number of methoxy groups -OCH3 is 1. The van der Waals surface area contributed by atoms with E-state index in [-0.39, 0.29) is 13.0 Å². The molecule has 0 spiro atoms. The van der Waals surface area contributed by atoms with Crippen molar-refractivity contribution in [3.8, 4) is 0 Å². The monoisotopic (exact) mass is 270 g/mol. The molecule has 1 aromatic heterocycles. The third-order valence-electron chi connectivity index (χ3n) is 2.55. The van der Waals surface area contributed by atoms with Crippen LogP contribution in [-0.2, 0) is 23.1 Å². The number of aryl methyl sites for hydroxylation is 1. The summed E-state index contributed by atoms with van der Waals surface area (Å²) in [6, 6.07) is -0.393. The summed E-state index contributed by atoms with van der Waals surface area (Å²) in [4.78, 5) is 26.1. The van der Waals surface area contributed by atoms with Gasteiger partial charge in [-0.1, -0.05) is 0 Å². The fourth-order valence-electron chi connectivity index (χ4n) is 1.43. The zero-order valence-corrected chi connectivity index (χ0v) is 10.9. The van der Waals surface area contributed by atoms with E-state index in [0.29, 0.717) is 6.54 Å². The molecule has 0 fully saturated rings. The molecule has 19 heavy (non-hydrogen) atoms. The maximum atomic E-state index is 11.5. The van der Waals surface area contributed by atoms with Gasteiger partial charge in [-0.2, -0.15) is 0 Å². The Hall–Kier alpha value is -2.09. The molecule has 1 rings (SSSR count). The minimum Gasteiger partial charge on any atom is -0.481 e. The van der Waals surface area contributed by atoms with Crippen LogP contribution in [0.5, 0.6) is 0 Å². The lowest BCUT2D eigenvalue weighted by atomic mass is 10.2. The number of hydrogen-bond donors (Lipinski definition) is 3. The van der Waals surface area contributed by atoms with E-state index >= 15 is 0 Å². The molecule has 0 aromatic carbocycles. The number of carbonyl (C=O) groups is 2. The number of rotatable bonds is 7. The van der Waals surface area contributed by atoms with Gasteiger partial charge in [0, 0.05) is 33.1 Å². The van der Waals surface area contributed by atoms with Crippen LogP contribution in [0.2, 0.25) is 0 Å². The minimum atomic E-state index is -0.970. The van der Waals surface area contributed by atoms with Gasteiger partial charge in [0.15, 0.2) is 0 Å². The van der Waals surface area contributed by atoms with Crippen molar-refractivity contribution < 1.29 is 19.4 Å². The molecule has 0 aliphatic carbocycles. The lowest BCUT2D eigenvalue weighted by Gasteiger charge is -2.14. The lowest BCUT2D eigenvalue weighted by molar-refractivity contribution is -0.139. The number of amides is 2. The SMILES string of the molecule is COC(CNC(=O)NCc1nccn1C)CC(=O)O. The van der Waals surface area contributed by atoms with Gasteiger partial charge >= 0.3 is 12.0 Å². The van der Waals surface area contributed by atoms with Crippen molar-refractivity contribution in [1.29, 1.82) is 0 Å². The van der Waals surface area contributed by atoms with Gasteiger partial charge in [0.25, 0.3) is 0 Å². The highest BCUT2D eigenvalue weighted by molar-refractivity contribution is 5.74. The van der Waals surface area contributed by atoms with E-state index in [1.54, 1.807) is 17.0 Å². The molecule has 0 radical (unpaired) electrons. The Kier molecular flexibility index (Phi) is 5.80. The first-order valence-electron chi connectivity index (χ1n) is 5.75. The van der Waals surface area contributed by atoms with Crippen molar-refractivity contribution in [1.82, 2.24) is 20.2 Å². The molecule has 8 nitrogen and oxygen atoms in total. The highest BCUT2D eigenvalue weighted by atomic mass is 16.5. The summed E-state index contributed by atoms with van der Waals surface area (Å²) >= 11 is 0. The number of ether oxygens (including phenoxy) is 1. The van der Waals surface area contributed by atoms with Crippen LogP contribution in [0.4, 0.5) is 4.79 Å². The molecule has 2 amide bonds. The maximum Gasteiger partial charge on any atom is 0.315 e. The van der Waals surface area contributed by atoms with E-state index in [2.05, 4.69) is 15.6 Å². The van der Waals surface area contributed by atoms with Gasteiger partial charge in [0.05, 0.1) is 19.1 Å².